The van der Waals surface area contributed by atoms with Crippen LogP contribution in [0.25, 0.3) is 0 Å². The molecule has 0 atom stereocenters. The molecule has 1 N–H and O–H groups in total. The quantitative estimate of drug-likeness (QED) is 0.734. The van der Waals surface area contributed by atoms with Crippen LogP contribution in [-0.2, 0) is 19.3 Å². The maximum Gasteiger partial charge on any atom is 0.0625 e. The summed E-state index contributed by atoms with van der Waals surface area (Å²) in [6.07, 6.45) is 6.55. The van der Waals surface area contributed by atoms with Gasteiger partial charge in [0.2, 0.25) is 0 Å². The average Bonchev–Trinajstić information content (AvgIpc) is 2.57. The molecule has 2 rings (SSSR count). The topological polar surface area (TPSA) is 39.6 Å². The molecule has 1 aliphatic rings. The molecule has 0 aliphatic heterocycles. The summed E-state index contributed by atoms with van der Waals surface area (Å²) >= 11 is 0. The molecule has 0 saturated carbocycles. The molecule has 0 fully saturated rings. The second-order valence-corrected chi connectivity index (χ2v) is 3.66. The summed E-state index contributed by atoms with van der Waals surface area (Å²) in [5.41, 5.74) is 4.15. The minimum atomic E-state index is 0.624. The summed E-state index contributed by atoms with van der Waals surface area (Å²) in [6, 6.07) is 4.42. The number of fused-ring (bicyclic) bond motifs is 1. The Kier molecular flexibility index (Phi) is 2.35. The molecule has 0 aromatic carbocycles. The zero-order chi connectivity index (χ0) is 9.10. The number of nitrogens with one attached hydrogen (secondary N) is 1. The van der Waals surface area contributed by atoms with Crippen molar-refractivity contribution in [1.82, 2.24) is 4.98 Å². The number of H-pyrrole nitrogens is 1. The van der Waals surface area contributed by atoms with E-state index < -0.39 is 0 Å². The lowest BCUT2D eigenvalue weighted by atomic mass is 9.98. The summed E-state index contributed by atoms with van der Waals surface area (Å²) < 4.78 is 0. The molecular weight excluding hydrogens is 160 g/mol. The van der Waals surface area contributed by atoms with Gasteiger partial charge in [0.1, 0.15) is 0 Å². The van der Waals surface area contributed by atoms with E-state index in [2.05, 4.69) is 17.1 Å². The SMILES string of the molecule is N#CCCc1cc2c([nH]1)CCCC2. The lowest BCUT2D eigenvalue weighted by Crippen LogP contribution is -1.99. The first-order valence-corrected chi connectivity index (χ1v) is 4.97. The highest BCUT2D eigenvalue weighted by atomic mass is 14.7. The smallest absolute Gasteiger partial charge is 0.0625 e. The van der Waals surface area contributed by atoms with Crippen molar-refractivity contribution in [3.8, 4) is 6.07 Å². The van der Waals surface area contributed by atoms with Crippen molar-refractivity contribution in [3.63, 3.8) is 0 Å². The number of rotatable bonds is 2. The normalized spacial score (nSPS) is 15.0. The minimum Gasteiger partial charge on any atom is -0.362 e. The highest BCUT2D eigenvalue weighted by Gasteiger charge is 2.11. The van der Waals surface area contributed by atoms with E-state index in [1.54, 1.807) is 0 Å². The number of aryl methyl sites for hydroxylation is 3. The van der Waals surface area contributed by atoms with Crippen LogP contribution in [-0.4, -0.2) is 4.98 Å². The van der Waals surface area contributed by atoms with Crippen molar-refractivity contribution in [2.45, 2.75) is 38.5 Å². The molecule has 2 nitrogen and oxygen atoms in total. The number of nitrogens with zero attached hydrogens (tertiary/aromatic N) is 1. The van der Waals surface area contributed by atoms with Crippen LogP contribution in [0.2, 0.25) is 0 Å². The Bertz CT molecular complexity index is 307. The van der Waals surface area contributed by atoms with Gasteiger partial charge in [-0.25, -0.2) is 0 Å². The number of nitriles is 1. The third kappa shape index (κ3) is 1.75. The van der Waals surface area contributed by atoms with Crippen LogP contribution >= 0.6 is 0 Å². The Labute approximate surface area is 78.6 Å². The molecular formula is C11H14N2. The number of aromatic amines is 1. The van der Waals surface area contributed by atoms with Crippen molar-refractivity contribution in [3.05, 3.63) is 23.0 Å². The second-order valence-electron chi connectivity index (χ2n) is 3.66. The van der Waals surface area contributed by atoms with Crippen LogP contribution < -0.4 is 0 Å². The van der Waals surface area contributed by atoms with Crippen molar-refractivity contribution in [2.24, 2.45) is 0 Å². The Balaban J connectivity index is 2.12. The Morgan fingerprint density at radius 2 is 2.23 bits per heavy atom. The van der Waals surface area contributed by atoms with E-state index >= 15 is 0 Å². The zero-order valence-corrected chi connectivity index (χ0v) is 7.77. The lowest BCUT2D eigenvalue weighted by molar-refractivity contribution is 0.676. The Morgan fingerprint density at radius 3 is 3.00 bits per heavy atom. The summed E-state index contributed by atoms with van der Waals surface area (Å²) in [4.78, 5) is 3.42. The summed E-state index contributed by atoms with van der Waals surface area (Å²) in [5, 5.41) is 8.47. The molecule has 0 radical (unpaired) electrons. The molecule has 0 saturated heterocycles. The van der Waals surface area contributed by atoms with Crippen molar-refractivity contribution >= 4 is 0 Å². The molecule has 0 unspecified atom stereocenters. The molecule has 1 aromatic rings. The van der Waals surface area contributed by atoms with Gasteiger partial charge in [0, 0.05) is 24.2 Å². The van der Waals surface area contributed by atoms with Gasteiger partial charge in [-0.2, -0.15) is 5.26 Å². The van der Waals surface area contributed by atoms with Crippen LogP contribution in [0, 0.1) is 11.3 Å². The molecule has 1 aromatic heterocycles. The number of aromatic nitrogens is 1. The molecule has 1 aliphatic carbocycles. The van der Waals surface area contributed by atoms with Crippen LogP contribution in [0.5, 0.6) is 0 Å². The standard InChI is InChI=1S/C11H14N2/c12-7-3-5-10-8-9-4-1-2-6-11(9)13-10/h8,13H,1-6H2. The van der Waals surface area contributed by atoms with Gasteiger partial charge in [-0.3, -0.25) is 0 Å². The van der Waals surface area contributed by atoms with Crippen LogP contribution in [0.4, 0.5) is 0 Å². The molecule has 0 bridgehead atoms. The van der Waals surface area contributed by atoms with E-state index in [0.717, 1.165) is 6.42 Å². The molecule has 0 amide bonds. The summed E-state index contributed by atoms with van der Waals surface area (Å²) in [7, 11) is 0. The van der Waals surface area contributed by atoms with Gasteiger partial charge < -0.3 is 4.98 Å². The lowest BCUT2D eigenvalue weighted by Gasteiger charge is -2.09. The van der Waals surface area contributed by atoms with E-state index in [-0.39, 0.29) is 0 Å². The van der Waals surface area contributed by atoms with Gasteiger partial charge in [-0.15, -0.1) is 0 Å². The first-order valence-electron chi connectivity index (χ1n) is 4.97. The number of hydrogen-bond acceptors (Lipinski definition) is 1. The van der Waals surface area contributed by atoms with Gasteiger partial charge in [-0.1, -0.05) is 0 Å². The molecule has 0 spiro atoms. The third-order valence-electron chi connectivity index (χ3n) is 2.68. The van der Waals surface area contributed by atoms with E-state index in [9.17, 15) is 0 Å². The maximum absolute atomic E-state index is 8.47. The summed E-state index contributed by atoms with van der Waals surface area (Å²) in [6.45, 7) is 0. The molecule has 68 valence electrons. The largest absolute Gasteiger partial charge is 0.362 e. The van der Waals surface area contributed by atoms with Crippen LogP contribution in [0.1, 0.15) is 36.2 Å². The molecule has 2 heteroatoms. The fraction of sp³-hybridized carbons (Fsp3) is 0.545. The first-order chi connectivity index (χ1) is 6.40. The van der Waals surface area contributed by atoms with Gasteiger partial charge in [0.15, 0.2) is 0 Å². The van der Waals surface area contributed by atoms with E-state index in [1.807, 2.05) is 0 Å². The summed E-state index contributed by atoms with van der Waals surface area (Å²) in [5.74, 6) is 0. The van der Waals surface area contributed by atoms with Gasteiger partial charge in [0.05, 0.1) is 6.07 Å². The van der Waals surface area contributed by atoms with Gasteiger partial charge >= 0.3 is 0 Å². The average molecular weight is 174 g/mol. The zero-order valence-electron chi connectivity index (χ0n) is 7.77. The highest BCUT2D eigenvalue weighted by Crippen LogP contribution is 2.21. The van der Waals surface area contributed by atoms with Gasteiger partial charge in [0.25, 0.3) is 0 Å². The predicted molar refractivity (Wildman–Crippen MR) is 51.4 cm³/mol. The minimum absolute atomic E-state index is 0.624. The van der Waals surface area contributed by atoms with Crippen molar-refractivity contribution < 1.29 is 0 Å². The van der Waals surface area contributed by atoms with Gasteiger partial charge in [-0.05, 0) is 37.3 Å². The second kappa shape index (κ2) is 3.66. The van der Waals surface area contributed by atoms with Crippen LogP contribution in [0.15, 0.2) is 6.07 Å². The van der Waals surface area contributed by atoms with Crippen molar-refractivity contribution in [2.75, 3.05) is 0 Å². The van der Waals surface area contributed by atoms with E-state index in [4.69, 9.17) is 5.26 Å². The molecule has 1 heterocycles. The van der Waals surface area contributed by atoms with E-state index in [0.29, 0.717) is 6.42 Å². The van der Waals surface area contributed by atoms with Crippen LogP contribution in [0.3, 0.4) is 0 Å². The predicted octanol–water partition coefficient (Wildman–Crippen LogP) is 2.35. The Hall–Kier alpha value is -1.23. The fourth-order valence-electron chi connectivity index (χ4n) is 2.00. The van der Waals surface area contributed by atoms with E-state index in [1.165, 1.54) is 42.6 Å². The Morgan fingerprint density at radius 1 is 1.38 bits per heavy atom. The third-order valence-corrected chi connectivity index (χ3v) is 2.68. The highest BCUT2D eigenvalue weighted by molar-refractivity contribution is 5.28. The monoisotopic (exact) mass is 174 g/mol. The van der Waals surface area contributed by atoms with Crippen molar-refractivity contribution in [1.29, 1.82) is 5.26 Å². The first kappa shape index (κ1) is 8.37. The number of hydrogen-bond donors (Lipinski definition) is 1. The fourth-order valence-corrected chi connectivity index (χ4v) is 2.00. The molecule has 13 heavy (non-hydrogen) atoms. The maximum atomic E-state index is 8.47.